The zero-order valence-electron chi connectivity index (χ0n) is 13.1. The largest absolute Gasteiger partial charge is 0.300 e. The van der Waals surface area contributed by atoms with Crippen LogP contribution in [0.15, 0.2) is 24.3 Å². The molecule has 110 valence electrons. The van der Waals surface area contributed by atoms with Gasteiger partial charge in [0, 0.05) is 43.7 Å². The van der Waals surface area contributed by atoms with Crippen LogP contribution in [0.25, 0.3) is 0 Å². The monoisotopic (exact) mass is 274 g/mol. The number of carbonyl (C=O) groups excluding carboxylic acids is 1. The minimum absolute atomic E-state index is 0.257. The molecule has 1 aromatic carbocycles. The van der Waals surface area contributed by atoms with Gasteiger partial charge in [-0.25, -0.2) is 0 Å². The molecule has 1 heterocycles. The maximum atomic E-state index is 12.2. The Balaban J connectivity index is 1.88. The highest BCUT2D eigenvalue weighted by Gasteiger charge is 2.26. The molecule has 0 N–H and O–H groups in total. The summed E-state index contributed by atoms with van der Waals surface area (Å²) in [6.45, 7) is 9.52. The summed E-state index contributed by atoms with van der Waals surface area (Å²) in [7, 11) is 2.19. The summed E-state index contributed by atoms with van der Waals surface area (Å²) in [4.78, 5) is 17.1. The van der Waals surface area contributed by atoms with Gasteiger partial charge in [-0.15, -0.1) is 0 Å². The van der Waals surface area contributed by atoms with Crippen molar-refractivity contribution in [3.63, 3.8) is 0 Å². The van der Waals surface area contributed by atoms with Gasteiger partial charge in [0.05, 0.1) is 0 Å². The van der Waals surface area contributed by atoms with Crippen molar-refractivity contribution >= 4 is 5.78 Å². The number of carbonyl (C=O) groups is 1. The smallest absolute Gasteiger partial charge is 0.164 e. The molecule has 0 radical (unpaired) electrons. The normalized spacial score (nSPS) is 24.8. The lowest BCUT2D eigenvalue weighted by atomic mass is 10.0. The van der Waals surface area contributed by atoms with Crippen molar-refractivity contribution in [3.05, 3.63) is 35.4 Å². The molecule has 1 fully saturated rings. The van der Waals surface area contributed by atoms with E-state index in [0.29, 0.717) is 18.5 Å². The summed E-state index contributed by atoms with van der Waals surface area (Å²) in [5, 5.41) is 0. The van der Waals surface area contributed by atoms with Gasteiger partial charge < -0.3 is 0 Å². The van der Waals surface area contributed by atoms with Crippen molar-refractivity contribution in [2.24, 2.45) is 0 Å². The van der Waals surface area contributed by atoms with E-state index in [9.17, 15) is 4.79 Å². The van der Waals surface area contributed by atoms with Gasteiger partial charge >= 0.3 is 0 Å². The van der Waals surface area contributed by atoms with Crippen LogP contribution in [-0.2, 0) is 0 Å². The molecule has 1 saturated heterocycles. The summed E-state index contributed by atoms with van der Waals surface area (Å²) in [6, 6.07) is 9.02. The molecule has 3 nitrogen and oxygen atoms in total. The van der Waals surface area contributed by atoms with E-state index in [1.807, 2.05) is 31.2 Å². The van der Waals surface area contributed by atoms with Crippen molar-refractivity contribution < 1.29 is 4.79 Å². The summed E-state index contributed by atoms with van der Waals surface area (Å²) in [6.07, 6.45) is 0.618. The van der Waals surface area contributed by atoms with Crippen LogP contribution in [0, 0.1) is 6.92 Å². The molecule has 2 unspecified atom stereocenters. The fourth-order valence-electron chi connectivity index (χ4n) is 2.92. The van der Waals surface area contributed by atoms with Gasteiger partial charge in [0.25, 0.3) is 0 Å². The van der Waals surface area contributed by atoms with E-state index in [-0.39, 0.29) is 5.78 Å². The molecule has 0 saturated carbocycles. The van der Waals surface area contributed by atoms with Gasteiger partial charge in [0.1, 0.15) is 0 Å². The molecular weight excluding hydrogens is 248 g/mol. The van der Waals surface area contributed by atoms with Crippen LogP contribution in [0.3, 0.4) is 0 Å². The average Bonchev–Trinajstić information content (AvgIpc) is 2.42. The molecule has 0 spiro atoms. The SMILES string of the molecule is Cc1cccc(C(=O)CCN2CC(C)N(C)C(C)C2)c1. The zero-order chi connectivity index (χ0) is 14.7. The molecule has 20 heavy (non-hydrogen) atoms. The van der Waals surface area contributed by atoms with E-state index in [1.54, 1.807) is 0 Å². The van der Waals surface area contributed by atoms with Crippen LogP contribution in [-0.4, -0.2) is 54.3 Å². The van der Waals surface area contributed by atoms with Gasteiger partial charge in [-0.1, -0.05) is 23.8 Å². The first kappa shape index (κ1) is 15.2. The van der Waals surface area contributed by atoms with Gasteiger partial charge in [0.15, 0.2) is 5.78 Å². The molecule has 1 aliphatic heterocycles. The molecule has 2 atom stereocenters. The second-order valence-corrected chi connectivity index (χ2v) is 6.17. The first-order valence-electron chi connectivity index (χ1n) is 7.51. The van der Waals surface area contributed by atoms with Gasteiger partial charge in [-0.2, -0.15) is 0 Å². The van der Waals surface area contributed by atoms with E-state index in [2.05, 4.69) is 30.7 Å². The Bertz CT molecular complexity index is 460. The van der Waals surface area contributed by atoms with E-state index in [1.165, 1.54) is 0 Å². The number of benzene rings is 1. The third-order valence-corrected chi connectivity index (χ3v) is 4.43. The molecule has 3 heteroatoms. The van der Waals surface area contributed by atoms with Gasteiger partial charge in [0.2, 0.25) is 0 Å². The molecule has 0 amide bonds. The molecule has 1 aliphatic rings. The van der Waals surface area contributed by atoms with Crippen LogP contribution in [0.2, 0.25) is 0 Å². The van der Waals surface area contributed by atoms with Crippen molar-refractivity contribution in [2.75, 3.05) is 26.7 Å². The second-order valence-electron chi connectivity index (χ2n) is 6.17. The number of ketones is 1. The van der Waals surface area contributed by atoms with Crippen LogP contribution < -0.4 is 0 Å². The fraction of sp³-hybridized carbons (Fsp3) is 0.588. The minimum Gasteiger partial charge on any atom is -0.300 e. The molecule has 0 aliphatic carbocycles. The Morgan fingerprint density at radius 3 is 2.50 bits per heavy atom. The number of hydrogen-bond acceptors (Lipinski definition) is 3. The topological polar surface area (TPSA) is 23.6 Å². The van der Waals surface area contributed by atoms with E-state index in [4.69, 9.17) is 0 Å². The Hall–Kier alpha value is -1.19. The number of likely N-dealkylation sites (N-methyl/N-ethyl adjacent to an activating group) is 1. The van der Waals surface area contributed by atoms with Crippen molar-refractivity contribution in [1.29, 1.82) is 0 Å². The second kappa shape index (κ2) is 6.51. The summed E-state index contributed by atoms with van der Waals surface area (Å²) >= 11 is 0. The van der Waals surface area contributed by atoms with Crippen molar-refractivity contribution in [2.45, 2.75) is 39.3 Å². The molecule has 0 bridgehead atoms. The molecule has 0 aromatic heterocycles. The lowest BCUT2D eigenvalue weighted by Crippen LogP contribution is -2.55. The molecular formula is C17H26N2O. The Morgan fingerprint density at radius 1 is 1.25 bits per heavy atom. The molecule has 2 rings (SSSR count). The highest BCUT2D eigenvalue weighted by Crippen LogP contribution is 2.14. The summed E-state index contributed by atoms with van der Waals surface area (Å²) in [5.41, 5.74) is 2.00. The zero-order valence-corrected chi connectivity index (χ0v) is 13.1. The van der Waals surface area contributed by atoms with Gasteiger partial charge in [-0.05, 0) is 33.9 Å². The first-order valence-corrected chi connectivity index (χ1v) is 7.51. The van der Waals surface area contributed by atoms with Crippen LogP contribution in [0.1, 0.15) is 36.2 Å². The highest BCUT2D eigenvalue weighted by atomic mass is 16.1. The number of aryl methyl sites for hydroxylation is 1. The number of piperazine rings is 1. The Labute approximate surface area is 122 Å². The highest BCUT2D eigenvalue weighted by molar-refractivity contribution is 5.96. The quantitative estimate of drug-likeness (QED) is 0.789. The third-order valence-electron chi connectivity index (χ3n) is 4.43. The predicted octanol–water partition coefficient (Wildman–Crippen LogP) is 2.59. The number of Topliss-reactive ketones (excluding diaryl/α,β-unsaturated/α-hetero) is 1. The molecule has 1 aromatic rings. The number of rotatable bonds is 4. The Kier molecular flexibility index (Phi) is 4.95. The number of nitrogens with zero attached hydrogens (tertiary/aromatic N) is 2. The predicted molar refractivity (Wildman–Crippen MR) is 83.3 cm³/mol. The van der Waals surface area contributed by atoms with Crippen LogP contribution in [0.4, 0.5) is 0 Å². The van der Waals surface area contributed by atoms with E-state index < -0.39 is 0 Å². The standard InChI is InChI=1S/C17H26N2O/c1-13-6-5-7-16(10-13)17(20)8-9-19-11-14(2)18(4)15(3)12-19/h5-7,10,14-15H,8-9,11-12H2,1-4H3. The van der Waals surface area contributed by atoms with Crippen LogP contribution >= 0.6 is 0 Å². The fourth-order valence-corrected chi connectivity index (χ4v) is 2.92. The Morgan fingerprint density at radius 2 is 1.90 bits per heavy atom. The maximum absolute atomic E-state index is 12.2. The summed E-state index contributed by atoms with van der Waals surface area (Å²) < 4.78 is 0. The maximum Gasteiger partial charge on any atom is 0.164 e. The number of hydrogen-bond donors (Lipinski definition) is 0. The minimum atomic E-state index is 0.257. The first-order chi connectivity index (χ1) is 9.47. The van der Waals surface area contributed by atoms with E-state index >= 15 is 0 Å². The lowest BCUT2D eigenvalue weighted by molar-refractivity contribution is 0.0575. The van der Waals surface area contributed by atoms with Crippen LogP contribution in [0.5, 0.6) is 0 Å². The summed E-state index contributed by atoms with van der Waals surface area (Å²) in [5.74, 6) is 0.257. The van der Waals surface area contributed by atoms with Crippen molar-refractivity contribution in [3.8, 4) is 0 Å². The van der Waals surface area contributed by atoms with Gasteiger partial charge in [-0.3, -0.25) is 14.6 Å². The lowest BCUT2D eigenvalue weighted by Gasteiger charge is -2.42. The average molecular weight is 274 g/mol. The third kappa shape index (κ3) is 3.68. The van der Waals surface area contributed by atoms with E-state index in [0.717, 1.165) is 30.8 Å². The van der Waals surface area contributed by atoms with Crippen molar-refractivity contribution in [1.82, 2.24) is 9.80 Å².